The average molecular weight is 218 g/mol. The van der Waals surface area contributed by atoms with E-state index in [4.69, 9.17) is 11.6 Å². The summed E-state index contributed by atoms with van der Waals surface area (Å²) in [5, 5.41) is 6.54. The molecule has 0 saturated heterocycles. The Labute approximate surface area is 93.0 Å². The molecule has 0 radical (unpaired) electrons. The van der Waals surface area contributed by atoms with Gasteiger partial charge in [0.25, 0.3) is 0 Å². The van der Waals surface area contributed by atoms with Crippen molar-refractivity contribution < 1.29 is 0 Å². The second-order valence-corrected chi connectivity index (χ2v) is 3.57. The molecular formula is C10H14N6. The first kappa shape index (κ1) is 10.6. The molecule has 0 amide bonds. The van der Waals surface area contributed by atoms with Gasteiger partial charge in [0, 0.05) is 17.5 Å². The van der Waals surface area contributed by atoms with E-state index in [-0.39, 0.29) is 6.04 Å². The van der Waals surface area contributed by atoms with E-state index in [1.54, 1.807) is 12.4 Å². The van der Waals surface area contributed by atoms with E-state index in [1.165, 1.54) is 0 Å². The summed E-state index contributed by atoms with van der Waals surface area (Å²) >= 11 is 0. The third-order valence-electron chi connectivity index (χ3n) is 2.44. The van der Waals surface area contributed by atoms with Gasteiger partial charge in [0.05, 0.1) is 12.2 Å². The first-order chi connectivity index (χ1) is 7.72. The maximum absolute atomic E-state index is 5.75. The zero-order valence-electron chi connectivity index (χ0n) is 8.94. The number of H-pyrrole nitrogens is 1. The van der Waals surface area contributed by atoms with Gasteiger partial charge in [0.1, 0.15) is 5.82 Å². The number of nitrogens with zero attached hydrogens (tertiary/aromatic N) is 2. The number of aromatic nitrogens is 3. The van der Waals surface area contributed by atoms with Crippen molar-refractivity contribution in [2.24, 2.45) is 5.84 Å². The van der Waals surface area contributed by atoms with Crippen LogP contribution in [-0.4, -0.2) is 15.2 Å². The van der Waals surface area contributed by atoms with E-state index in [1.807, 2.05) is 19.1 Å². The zero-order chi connectivity index (χ0) is 11.5. The molecular weight excluding hydrogens is 204 g/mol. The standard InChI is InChI=1S/C10H14N6/c1-6-2-3-7(4-13-6)9(15-12)8-5-14-16-10(8)11/h2-5,9,15H,12H2,1H3,(H3,11,14,16). The Hall–Kier alpha value is -1.92. The summed E-state index contributed by atoms with van der Waals surface area (Å²) < 4.78 is 0. The highest BCUT2D eigenvalue weighted by Crippen LogP contribution is 2.23. The van der Waals surface area contributed by atoms with Crippen LogP contribution in [0.5, 0.6) is 0 Å². The van der Waals surface area contributed by atoms with Crippen molar-refractivity contribution in [1.82, 2.24) is 20.6 Å². The lowest BCUT2D eigenvalue weighted by Gasteiger charge is -2.15. The van der Waals surface area contributed by atoms with E-state index in [2.05, 4.69) is 20.6 Å². The predicted molar refractivity (Wildman–Crippen MR) is 61.1 cm³/mol. The highest BCUT2D eigenvalue weighted by Gasteiger charge is 2.16. The molecule has 0 saturated carbocycles. The molecule has 0 aliphatic heterocycles. The predicted octanol–water partition coefficient (Wildman–Crippen LogP) is 0.248. The lowest BCUT2D eigenvalue weighted by Crippen LogP contribution is -2.29. The molecule has 0 bridgehead atoms. The monoisotopic (exact) mass is 218 g/mol. The van der Waals surface area contributed by atoms with Crippen molar-refractivity contribution in [2.45, 2.75) is 13.0 Å². The molecule has 0 spiro atoms. The molecule has 0 aromatic carbocycles. The van der Waals surface area contributed by atoms with Crippen molar-refractivity contribution in [3.05, 3.63) is 41.3 Å². The lowest BCUT2D eigenvalue weighted by molar-refractivity contribution is 0.636. The number of anilines is 1. The summed E-state index contributed by atoms with van der Waals surface area (Å²) in [5.41, 5.74) is 11.2. The third kappa shape index (κ3) is 1.88. The molecule has 2 heterocycles. The fourth-order valence-corrected chi connectivity index (χ4v) is 1.55. The molecule has 84 valence electrons. The summed E-state index contributed by atoms with van der Waals surface area (Å²) in [5.74, 6) is 6.03. The maximum Gasteiger partial charge on any atom is 0.124 e. The topological polar surface area (TPSA) is 106 Å². The van der Waals surface area contributed by atoms with E-state index in [9.17, 15) is 0 Å². The molecule has 1 atom stereocenters. The van der Waals surface area contributed by atoms with Crippen LogP contribution in [0.4, 0.5) is 5.82 Å². The van der Waals surface area contributed by atoms with E-state index < -0.39 is 0 Å². The molecule has 0 aliphatic rings. The van der Waals surface area contributed by atoms with Gasteiger partial charge in [-0.2, -0.15) is 5.10 Å². The van der Waals surface area contributed by atoms with E-state index in [0.29, 0.717) is 5.82 Å². The molecule has 2 aromatic rings. The van der Waals surface area contributed by atoms with Gasteiger partial charge in [-0.3, -0.25) is 15.9 Å². The lowest BCUT2D eigenvalue weighted by atomic mass is 10.0. The van der Waals surface area contributed by atoms with Gasteiger partial charge in [0.15, 0.2) is 0 Å². The Morgan fingerprint density at radius 3 is 2.69 bits per heavy atom. The SMILES string of the molecule is Cc1ccc(C(NN)c2cn[nH]c2N)cn1. The summed E-state index contributed by atoms with van der Waals surface area (Å²) in [6, 6.07) is 3.68. The van der Waals surface area contributed by atoms with Crippen molar-refractivity contribution in [3.8, 4) is 0 Å². The first-order valence-electron chi connectivity index (χ1n) is 4.90. The van der Waals surface area contributed by atoms with Gasteiger partial charge in [-0.05, 0) is 18.6 Å². The second kappa shape index (κ2) is 4.30. The zero-order valence-corrected chi connectivity index (χ0v) is 8.94. The van der Waals surface area contributed by atoms with E-state index >= 15 is 0 Å². The van der Waals surface area contributed by atoms with Crippen molar-refractivity contribution in [2.75, 3.05) is 5.73 Å². The quantitative estimate of drug-likeness (QED) is 0.436. The van der Waals surface area contributed by atoms with Crippen LogP contribution in [0.25, 0.3) is 0 Å². The highest BCUT2D eigenvalue weighted by atomic mass is 15.2. The summed E-state index contributed by atoms with van der Waals surface area (Å²) in [4.78, 5) is 4.22. The molecule has 0 fully saturated rings. The summed E-state index contributed by atoms with van der Waals surface area (Å²) in [7, 11) is 0. The minimum Gasteiger partial charge on any atom is -0.384 e. The Bertz CT molecular complexity index is 460. The highest BCUT2D eigenvalue weighted by molar-refractivity contribution is 5.43. The molecule has 16 heavy (non-hydrogen) atoms. The fourth-order valence-electron chi connectivity index (χ4n) is 1.55. The van der Waals surface area contributed by atoms with Crippen LogP contribution in [0.15, 0.2) is 24.5 Å². The third-order valence-corrected chi connectivity index (χ3v) is 2.44. The second-order valence-electron chi connectivity index (χ2n) is 3.57. The Kier molecular flexibility index (Phi) is 2.84. The van der Waals surface area contributed by atoms with Gasteiger partial charge in [-0.1, -0.05) is 6.07 Å². The van der Waals surface area contributed by atoms with Crippen LogP contribution in [-0.2, 0) is 0 Å². The normalized spacial score (nSPS) is 12.6. The minimum absolute atomic E-state index is 0.202. The number of nitrogen functional groups attached to an aromatic ring is 1. The summed E-state index contributed by atoms with van der Waals surface area (Å²) in [6.45, 7) is 1.93. The number of nitrogens with one attached hydrogen (secondary N) is 2. The van der Waals surface area contributed by atoms with Crippen LogP contribution >= 0.6 is 0 Å². The number of aromatic amines is 1. The smallest absolute Gasteiger partial charge is 0.124 e. The number of nitrogens with two attached hydrogens (primary N) is 2. The molecule has 6 N–H and O–H groups in total. The van der Waals surface area contributed by atoms with Crippen LogP contribution in [0.3, 0.4) is 0 Å². The molecule has 0 aliphatic carbocycles. The number of hydrogen-bond donors (Lipinski definition) is 4. The van der Waals surface area contributed by atoms with Gasteiger partial charge < -0.3 is 5.73 Å². The molecule has 2 rings (SSSR count). The van der Waals surface area contributed by atoms with Crippen molar-refractivity contribution >= 4 is 5.82 Å². The molecule has 6 heteroatoms. The molecule has 2 aromatic heterocycles. The fraction of sp³-hybridized carbons (Fsp3) is 0.200. The Morgan fingerprint density at radius 2 is 2.19 bits per heavy atom. The largest absolute Gasteiger partial charge is 0.384 e. The number of pyridine rings is 1. The van der Waals surface area contributed by atoms with Crippen LogP contribution < -0.4 is 17.0 Å². The minimum atomic E-state index is -0.202. The van der Waals surface area contributed by atoms with Crippen LogP contribution in [0, 0.1) is 6.92 Å². The van der Waals surface area contributed by atoms with Crippen LogP contribution in [0.2, 0.25) is 0 Å². The van der Waals surface area contributed by atoms with Gasteiger partial charge in [-0.15, -0.1) is 0 Å². The first-order valence-corrected chi connectivity index (χ1v) is 4.90. The van der Waals surface area contributed by atoms with Crippen LogP contribution in [0.1, 0.15) is 22.9 Å². The maximum atomic E-state index is 5.75. The Morgan fingerprint density at radius 1 is 1.38 bits per heavy atom. The van der Waals surface area contributed by atoms with E-state index in [0.717, 1.165) is 16.8 Å². The average Bonchev–Trinajstić information content (AvgIpc) is 2.69. The number of hydrazine groups is 1. The van der Waals surface area contributed by atoms with Gasteiger partial charge in [0.2, 0.25) is 0 Å². The number of aryl methyl sites for hydroxylation is 1. The molecule has 6 nitrogen and oxygen atoms in total. The number of rotatable bonds is 3. The number of hydrogen-bond acceptors (Lipinski definition) is 5. The van der Waals surface area contributed by atoms with Crippen molar-refractivity contribution in [1.29, 1.82) is 0 Å². The van der Waals surface area contributed by atoms with Gasteiger partial charge in [-0.25, -0.2) is 5.43 Å². The van der Waals surface area contributed by atoms with Gasteiger partial charge >= 0.3 is 0 Å². The Balaban J connectivity index is 2.37. The summed E-state index contributed by atoms with van der Waals surface area (Å²) in [6.07, 6.45) is 3.42. The molecule has 1 unspecified atom stereocenters. The van der Waals surface area contributed by atoms with Crippen molar-refractivity contribution in [3.63, 3.8) is 0 Å².